The summed E-state index contributed by atoms with van der Waals surface area (Å²) in [7, 11) is 0. The molecule has 0 aliphatic rings. The van der Waals surface area contributed by atoms with Crippen molar-refractivity contribution in [2.75, 3.05) is 5.32 Å². The van der Waals surface area contributed by atoms with Gasteiger partial charge in [-0.05, 0) is 24.3 Å². The molecule has 2 aromatic heterocycles. The number of anilines is 2. The molecule has 0 unspecified atom stereocenters. The fraction of sp³-hybridized carbons (Fsp3) is 0. The van der Waals surface area contributed by atoms with Crippen LogP contribution in [0.3, 0.4) is 0 Å². The van der Waals surface area contributed by atoms with Crippen LogP contribution in [0, 0.1) is 15.9 Å². The van der Waals surface area contributed by atoms with Gasteiger partial charge >= 0.3 is 0 Å². The van der Waals surface area contributed by atoms with Gasteiger partial charge in [0.05, 0.1) is 11.0 Å². The largest absolute Gasteiger partial charge is 0.334 e. The van der Waals surface area contributed by atoms with E-state index in [2.05, 4.69) is 20.3 Å². The van der Waals surface area contributed by atoms with Gasteiger partial charge in [-0.3, -0.25) is 15.1 Å². The van der Waals surface area contributed by atoms with Crippen LogP contribution in [-0.4, -0.2) is 19.9 Å². The number of pyridine rings is 1. The lowest BCUT2D eigenvalue weighted by atomic mass is 10.2. The predicted molar refractivity (Wildman–Crippen MR) is 86.6 cm³/mol. The van der Waals surface area contributed by atoms with Crippen molar-refractivity contribution in [2.45, 2.75) is 0 Å². The van der Waals surface area contributed by atoms with E-state index in [1.54, 1.807) is 24.4 Å². The van der Waals surface area contributed by atoms with Gasteiger partial charge in [-0.25, -0.2) is 14.4 Å². The van der Waals surface area contributed by atoms with Gasteiger partial charge in [0.2, 0.25) is 0 Å². The van der Waals surface area contributed by atoms with E-state index >= 15 is 0 Å². The van der Waals surface area contributed by atoms with Crippen molar-refractivity contribution < 1.29 is 9.31 Å². The highest BCUT2D eigenvalue weighted by Gasteiger charge is 2.16. The molecule has 0 fully saturated rings. The van der Waals surface area contributed by atoms with Crippen LogP contribution in [0.15, 0.2) is 48.7 Å². The molecule has 1 aromatic carbocycles. The molecule has 0 bridgehead atoms. The molecule has 120 valence electrons. The Hall–Kier alpha value is -3.13. The molecule has 0 spiro atoms. The molecule has 0 saturated heterocycles. The van der Waals surface area contributed by atoms with E-state index in [1.165, 1.54) is 12.1 Å². The molecule has 1 N–H and O–H groups in total. The summed E-state index contributed by atoms with van der Waals surface area (Å²) in [5, 5.41) is 13.9. The normalized spacial score (nSPS) is 10.4. The van der Waals surface area contributed by atoms with Crippen molar-refractivity contribution in [3.05, 3.63) is 69.7 Å². The number of hydrogen-bond acceptors (Lipinski definition) is 6. The summed E-state index contributed by atoms with van der Waals surface area (Å²) in [6.45, 7) is 0. The Morgan fingerprint density at radius 3 is 2.71 bits per heavy atom. The molecule has 24 heavy (non-hydrogen) atoms. The average molecular weight is 346 g/mol. The van der Waals surface area contributed by atoms with E-state index in [9.17, 15) is 14.5 Å². The highest BCUT2D eigenvalue weighted by atomic mass is 35.5. The quantitative estimate of drug-likeness (QED) is 0.436. The molecule has 0 atom stereocenters. The van der Waals surface area contributed by atoms with E-state index in [0.29, 0.717) is 5.69 Å². The number of rotatable bonds is 4. The summed E-state index contributed by atoms with van der Waals surface area (Å²) in [6.07, 6.45) is 1.58. The molecular weight excluding hydrogens is 337 g/mol. The monoisotopic (exact) mass is 345 g/mol. The Balaban J connectivity index is 2.00. The first-order valence-electron chi connectivity index (χ1n) is 6.70. The van der Waals surface area contributed by atoms with Gasteiger partial charge in [0.25, 0.3) is 5.69 Å². The Morgan fingerprint density at radius 1 is 1.17 bits per heavy atom. The maximum Gasteiger partial charge on any atom is 0.295 e. The first-order valence-corrected chi connectivity index (χ1v) is 7.07. The van der Waals surface area contributed by atoms with Crippen molar-refractivity contribution in [3.63, 3.8) is 0 Å². The lowest BCUT2D eigenvalue weighted by Gasteiger charge is -2.08. The van der Waals surface area contributed by atoms with Gasteiger partial charge in [0.15, 0.2) is 5.82 Å². The van der Waals surface area contributed by atoms with E-state index in [-0.39, 0.29) is 22.5 Å². The molecule has 9 heteroatoms. The summed E-state index contributed by atoms with van der Waals surface area (Å²) < 4.78 is 13.2. The molecule has 0 radical (unpaired) electrons. The van der Waals surface area contributed by atoms with Crippen LogP contribution in [0.2, 0.25) is 5.15 Å². The summed E-state index contributed by atoms with van der Waals surface area (Å²) in [4.78, 5) is 22.8. The minimum Gasteiger partial charge on any atom is -0.334 e. The zero-order chi connectivity index (χ0) is 17.1. The van der Waals surface area contributed by atoms with Gasteiger partial charge in [0, 0.05) is 12.3 Å². The number of benzene rings is 1. The third-order valence-corrected chi connectivity index (χ3v) is 3.20. The Bertz CT molecular complexity index is 908. The average Bonchev–Trinajstić information content (AvgIpc) is 2.56. The van der Waals surface area contributed by atoms with E-state index in [4.69, 9.17) is 11.6 Å². The van der Waals surface area contributed by atoms with Crippen LogP contribution in [0.1, 0.15) is 0 Å². The minimum atomic E-state index is -0.706. The molecule has 0 aliphatic heterocycles. The number of nitrogens with one attached hydrogen (secondary N) is 1. The van der Waals surface area contributed by atoms with Crippen molar-refractivity contribution in [1.29, 1.82) is 0 Å². The van der Waals surface area contributed by atoms with Crippen molar-refractivity contribution in [3.8, 4) is 11.5 Å². The summed E-state index contributed by atoms with van der Waals surface area (Å²) in [5.74, 6) is -0.220. The van der Waals surface area contributed by atoms with Crippen molar-refractivity contribution >= 4 is 28.8 Å². The Kier molecular flexibility index (Phi) is 4.30. The molecule has 0 aliphatic carbocycles. The van der Waals surface area contributed by atoms with E-state index in [0.717, 1.165) is 12.1 Å². The second kappa shape index (κ2) is 6.55. The van der Waals surface area contributed by atoms with Crippen LogP contribution < -0.4 is 5.32 Å². The zero-order valence-corrected chi connectivity index (χ0v) is 12.7. The van der Waals surface area contributed by atoms with Gasteiger partial charge in [0.1, 0.15) is 28.2 Å². The number of hydrogen-bond donors (Lipinski definition) is 1. The molecule has 0 saturated carbocycles. The Morgan fingerprint density at radius 2 is 2.00 bits per heavy atom. The van der Waals surface area contributed by atoms with Crippen LogP contribution in [0.5, 0.6) is 0 Å². The van der Waals surface area contributed by atoms with Crippen LogP contribution in [0.4, 0.5) is 21.6 Å². The highest BCUT2D eigenvalue weighted by molar-refractivity contribution is 6.29. The van der Waals surface area contributed by atoms with Crippen molar-refractivity contribution in [2.24, 2.45) is 0 Å². The SMILES string of the molecule is O=[N+]([O-])c1cc(F)ccc1Nc1cc(Cl)nc(-c2ccccn2)n1. The first kappa shape index (κ1) is 15.8. The standard InChI is InChI=1S/C15H9ClFN5O2/c16-13-8-14(21-15(20-13)11-3-1-2-6-18-11)19-10-5-4-9(17)7-12(10)22(23)24/h1-8H,(H,19,20,21). The summed E-state index contributed by atoms with van der Waals surface area (Å²) in [5.41, 5.74) is 0.170. The van der Waals surface area contributed by atoms with Crippen LogP contribution >= 0.6 is 11.6 Å². The molecule has 0 amide bonds. The number of aromatic nitrogens is 3. The third kappa shape index (κ3) is 3.44. The molecular formula is C15H9ClFN5O2. The van der Waals surface area contributed by atoms with E-state index in [1.807, 2.05) is 0 Å². The number of halogens is 2. The predicted octanol–water partition coefficient (Wildman–Crippen LogP) is 3.98. The fourth-order valence-corrected chi connectivity index (χ4v) is 2.17. The molecule has 3 aromatic rings. The topological polar surface area (TPSA) is 93.8 Å². The van der Waals surface area contributed by atoms with Gasteiger partial charge < -0.3 is 5.32 Å². The fourth-order valence-electron chi connectivity index (χ4n) is 1.99. The van der Waals surface area contributed by atoms with E-state index < -0.39 is 16.4 Å². The van der Waals surface area contributed by atoms with Gasteiger partial charge in [-0.1, -0.05) is 17.7 Å². The Labute approximate surface area is 140 Å². The molecule has 2 heterocycles. The number of nitrogens with zero attached hydrogens (tertiary/aromatic N) is 4. The summed E-state index contributed by atoms with van der Waals surface area (Å²) in [6, 6.07) is 9.81. The summed E-state index contributed by atoms with van der Waals surface area (Å²) >= 11 is 5.98. The number of nitro groups is 1. The molecule has 3 rings (SSSR count). The second-order valence-electron chi connectivity index (χ2n) is 4.66. The van der Waals surface area contributed by atoms with Gasteiger partial charge in [-0.2, -0.15) is 0 Å². The van der Waals surface area contributed by atoms with Crippen LogP contribution in [-0.2, 0) is 0 Å². The minimum absolute atomic E-state index is 0.0862. The lowest BCUT2D eigenvalue weighted by molar-refractivity contribution is -0.384. The van der Waals surface area contributed by atoms with Crippen molar-refractivity contribution in [1.82, 2.24) is 15.0 Å². The van der Waals surface area contributed by atoms with Gasteiger partial charge in [-0.15, -0.1) is 0 Å². The first-order chi connectivity index (χ1) is 11.5. The molecule has 7 nitrogen and oxygen atoms in total. The zero-order valence-electron chi connectivity index (χ0n) is 12.0. The highest BCUT2D eigenvalue weighted by Crippen LogP contribution is 2.29. The second-order valence-corrected chi connectivity index (χ2v) is 5.05. The maximum atomic E-state index is 13.2. The van der Waals surface area contributed by atoms with Crippen LogP contribution in [0.25, 0.3) is 11.5 Å². The number of nitro benzene ring substituents is 1. The maximum absolute atomic E-state index is 13.2. The lowest BCUT2D eigenvalue weighted by Crippen LogP contribution is -2.01. The third-order valence-electron chi connectivity index (χ3n) is 3.01. The smallest absolute Gasteiger partial charge is 0.295 e.